The Morgan fingerprint density at radius 3 is 2.79 bits per heavy atom. The highest BCUT2D eigenvalue weighted by Crippen LogP contribution is 2.48. The van der Waals surface area contributed by atoms with Crippen molar-refractivity contribution < 1.29 is 4.79 Å². The maximum absolute atomic E-state index is 12.6. The fourth-order valence-corrected chi connectivity index (χ4v) is 4.40. The molecule has 3 nitrogen and oxygen atoms in total. The van der Waals surface area contributed by atoms with Crippen molar-refractivity contribution in [2.75, 3.05) is 0 Å². The van der Waals surface area contributed by atoms with Gasteiger partial charge in [-0.05, 0) is 60.9 Å². The summed E-state index contributed by atoms with van der Waals surface area (Å²) in [6.45, 7) is 4.89. The van der Waals surface area contributed by atoms with E-state index in [9.17, 15) is 4.79 Å². The summed E-state index contributed by atoms with van der Waals surface area (Å²) in [6, 6.07) is 0. The van der Waals surface area contributed by atoms with Crippen LogP contribution in [0, 0.1) is 24.7 Å². The molecule has 2 aliphatic carbocycles. The number of rotatable bonds is 4. The minimum atomic E-state index is 0.325. The second-order valence-electron chi connectivity index (χ2n) is 6.09. The van der Waals surface area contributed by atoms with Crippen LogP contribution in [0.25, 0.3) is 0 Å². The molecule has 0 saturated heterocycles. The zero-order valence-corrected chi connectivity index (χ0v) is 13.2. The second-order valence-corrected chi connectivity index (χ2v) is 6.88. The zero-order chi connectivity index (χ0) is 13.6. The molecule has 3 rings (SSSR count). The highest BCUT2D eigenvalue weighted by atomic mass is 79.9. The van der Waals surface area contributed by atoms with Crippen LogP contribution in [0.15, 0.2) is 4.47 Å². The first-order chi connectivity index (χ1) is 9.10. The van der Waals surface area contributed by atoms with Gasteiger partial charge < -0.3 is 0 Å². The van der Waals surface area contributed by atoms with Crippen LogP contribution in [-0.4, -0.2) is 15.6 Å². The highest BCUT2D eigenvalue weighted by Gasteiger charge is 2.42. The number of aryl methyl sites for hydroxylation is 2. The Bertz CT molecular complexity index is 508. The largest absolute Gasteiger partial charge is 0.299 e. The second kappa shape index (κ2) is 5.04. The van der Waals surface area contributed by atoms with Gasteiger partial charge in [0.1, 0.15) is 5.78 Å². The van der Waals surface area contributed by atoms with Crippen molar-refractivity contribution >= 4 is 21.7 Å². The number of carbonyl (C=O) groups is 1. The van der Waals surface area contributed by atoms with Gasteiger partial charge in [0.2, 0.25) is 0 Å². The van der Waals surface area contributed by atoms with Crippen LogP contribution in [0.5, 0.6) is 0 Å². The molecule has 0 aliphatic heterocycles. The van der Waals surface area contributed by atoms with E-state index >= 15 is 0 Å². The Hall–Kier alpha value is -0.640. The molecule has 19 heavy (non-hydrogen) atoms. The number of aromatic nitrogens is 2. The zero-order valence-electron chi connectivity index (χ0n) is 11.7. The first-order valence-electron chi connectivity index (χ1n) is 7.34. The van der Waals surface area contributed by atoms with Gasteiger partial charge in [-0.1, -0.05) is 6.42 Å². The maximum Gasteiger partial charge on any atom is 0.142 e. The first kappa shape index (κ1) is 13.3. The average Bonchev–Trinajstić information content (AvgIpc) is 3.08. The van der Waals surface area contributed by atoms with Crippen LogP contribution in [0.2, 0.25) is 0 Å². The van der Waals surface area contributed by atoms with Crippen LogP contribution >= 0.6 is 15.9 Å². The SMILES string of the molecule is CCn1nc(C)c(Br)c1CC(=O)C1CC2CCC1C2. The summed E-state index contributed by atoms with van der Waals surface area (Å²) in [5.41, 5.74) is 2.05. The van der Waals surface area contributed by atoms with Crippen molar-refractivity contribution in [2.45, 2.75) is 52.5 Å². The molecule has 4 heteroatoms. The molecule has 0 amide bonds. The number of ketones is 1. The first-order valence-corrected chi connectivity index (χ1v) is 8.14. The fourth-order valence-electron chi connectivity index (χ4n) is 3.97. The number of hydrogen-bond donors (Lipinski definition) is 0. The van der Waals surface area contributed by atoms with Gasteiger partial charge in [-0.2, -0.15) is 5.10 Å². The Morgan fingerprint density at radius 1 is 1.42 bits per heavy atom. The smallest absolute Gasteiger partial charge is 0.142 e. The lowest BCUT2D eigenvalue weighted by molar-refractivity contribution is -0.123. The Balaban J connectivity index is 1.76. The normalized spacial score (nSPS) is 29.1. The minimum Gasteiger partial charge on any atom is -0.299 e. The van der Waals surface area contributed by atoms with Crippen molar-refractivity contribution in [3.05, 3.63) is 15.9 Å². The Morgan fingerprint density at radius 2 is 2.21 bits per heavy atom. The van der Waals surface area contributed by atoms with E-state index in [2.05, 4.69) is 28.0 Å². The van der Waals surface area contributed by atoms with Gasteiger partial charge in [0, 0.05) is 18.9 Å². The molecule has 2 fully saturated rings. The molecule has 0 spiro atoms. The molecule has 104 valence electrons. The minimum absolute atomic E-state index is 0.325. The molecule has 1 heterocycles. The number of Topliss-reactive ketones (excluding diaryl/α,β-unsaturated/α-hetero) is 1. The molecule has 3 unspecified atom stereocenters. The molecule has 0 N–H and O–H groups in total. The van der Waals surface area contributed by atoms with Gasteiger partial charge in [-0.25, -0.2) is 0 Å². The van der Waals surface area contributed by atoms with E-state index in [0.717, 1.165) is 34.7 Å². The fraction of sp³-hybridized carbons (Fsp3) is 0.733. The standard InChI is InChI=1S/C15H21BrN2O/c1-3-18-13(15(16)9(2)17-18)8-14(19)12-7-10-4-5-11(12)6-10/h10-12H,3-8H2,1-2H3. The van der Waals surface area contributed by atoms with E-state index in [1.54, 1.807) is 0 Å². The molecule has 3 atom stereocenters. The monoisotopic (exact) mass is 324 g/mol. The van der Waals surface area contributed by atoms with Gasteiger partial charge >= 0.3 is 0 Å². The highest BCUT2D eigenvalue weighted by molar-refractivity contribution is 9.10. The van der Waals surface area contributed by atoms with E-state index in [0.29, 0.717) is 24.0 Å². The molecule has 0 aromatic carbocycles. The molecule has 2 saturated carbocycles. The number of hydrogen-bond acceptors (Lipinski definition) is 2. The van der Waals surface area contributed by atoms with Gasteiger partial charge in [0.25, 0.3) is 0 Å². The molecule has 2 aliphatic rings. The topological polar surface area (TPSA) is 34.9 Å². The van der Waals surface area contributed by atoms with E-state index in [-0.39, 0.29) is 0 Å². The van der Waals surface area contributed by atoms with Crippen LogP contribution in [0.1, 0.15) is 44.0 Å². The lowest BCUT2D eigenvalue weighted by Gasteiger charge is -2.20. The summed E-state index contributed by atoms with van der Waals surface area (Å²) in [5, 5.41) is 4.47. The van der Waals surface area contributed by atoms with Gasteiger partial charge in [0.15, 0.2) is 0 Å². The van der Waals surface area contributed by atoms with Crippen molar-refractivity contribution in [2.24, 2.45) is 17.8 Å². The molecule has 0 radical (unpaired) electrons. The van der Waals surface area contributed by atoms with Crippen LogP contribution < -0.4 is 0 Å². The number of fused-ring (bicyclic) bond motifs is 2. The quantitative estimate of drug-likeness (QED) is 0.849. The summed E-state index contributed by atoms with van der Waals surface area (Å²) >= 11 is 3.58. The molecule has 2 bridgehead atoms. The third-order valence-corrected chi connectivity index (χ3v) is 5.98. The summed E-state index contributed by atoms with van der Waals surface area (Å²) in [6.07, 6.45) is 5.60. The van der Waals surface area contributed by atoms with Gasteiger partial charge in [-0.15, -0.1) is 0 Å². The van der Waals surface area contributed by atoms with Crippen LogP contribution in [0.3, 0.4) is 0 Å². The summed E-state index contributed by atoms with van der Waals surface area (Å²) in [7, 11) is 0. The number of halogens is 1. The van der Waals surface area contributed by atoms with Crippen molar-refractivity contribution in [1.29, 1.82) is 0 Å². The third kappa shape index (κ3) is 2.28. The van der Waals surface area contributed by atoms with E-state index in [4.69, 9.17) is 0 Å². The number of nitrogens with zero attached hydrogens (tertiary/aromatic N) is 2. The van der Waals surface area contributed by atoms with Gasteiger partial charge in [0.05, 0.1) is 15.9 Å². The average molecular weight is 325 g/mol. The molecule has 1 aromatic rings. The summed E-state index contributed by atoms with van der Waals surface area (Å²) in [5.74, 6) is 2.27. The molecular weight excluding hydrogens is 304 g/mol. The predicted molar refractivity (Wildman–Crippen MR) is 78.0 cm³/mol. The lowest BCUT2D eigenvalue weighted by atomic mass is 9.84. The Labute approximate surface area is 122 Å². The van der Waals surface area contributed by atoms with Crippen LogP contribution in [-0.2, 0) is 17.8 Å². The Kier molecular flexibility index (Phi) is 3.54. The van der Waals surface area contributed by atoms with Crippen molar-refractivity contribution in [1.82, 2.24) is 9.78 Å². The summed E-state index contributed by atoms with van der Waals surface area (Å²) < 4.78 is 2.98. The maximum atomic E-state index is 12.6. The number of carbonyl (C=O) groups excluding carboxylic acids is 1. The van der Waals surface area contributed by atoms with E-state index in [1.807, 2.05) is 11.6 Å². The van der Waals surface area contributed by atoms with Gasteiger partial charge in [-0.3, -0.25) is 9.48 Å². The predicted octanol–water partition coefficient (Wildman–Crippen LogP) is 3.52. The van der Waals surface area contributed by atoms with Crippen LogP contribution in [0.4, 0.5) is 0 Å². The molecule has 1 aromatic heterocycles. The molecular formula is C15H21BrN2O. The van der Waals surface area contributed by atoms with Crippen molar-refractivity contribution in [3.8, 4) is 0 Å². The van der Waals surface area contributed by atoms with Crippen molar-refractivity contribution in [3.63, 3.8) is 0 Å². The van der Waals surface area contributed by atoms with E-state index in [1.165, 1.54) is 19.3 Å². The van der Waals surface area contributed by atoms with E-state index < -0.39 is 0 Å². The third-order valence-electron chi connectivity index (χ3n) is 4.95. The lowest BCUT2D eigenvalue weighted by Crippen LogP contribution is -2.23. The summed E-state index contributed by atoms with van der Waals surface area (Å²) in [4.78, 5) is 12.6.